The minimum absolute atomic E-state index is 0.263. The Morgan fingerprint density at radius 1 is 1.10 bits per heavy atom. The maximum atomic E-state index is 12.7. The van der Waals surface area contributed by atoms with E-state index in [2.05, 4.69) is 9.88 Å². The third kappa shape index (κ3) is 2.40. The Kier molecular flexibility index (Phi) is 3.42. The van der Waals surface area contributed by atoms with E-state index in [4.69, 9.17) is 5.73 Å². The number of hydrogen-bond donors (Lipinski definition) is 1. The zero-order valence-electron chi connectivity index (χ0n) is 11.1. The molecule has 0 radical (unpaired) electrons. The van der Waals surface area contributed by atoms with Gasteiger partial charge in [0.25, 0.3) is 6.43 Å². The van der Waals surface area contributed by atoms with Crippen LogP contribution in [-0.4, -0.2) is 18.1 Å². The highest BCUT2D eigenvalue weighted by Crippen LogP contribution is 2.30. The molecule has 1 saturated heterocycles. The molecular weight excluding hydrogens is 260 g/mol. The van der Waals surface area contributed by atoms with Crippen molar-refractivity contribution in [3.63, 3.8) is 0 Å². The molecule has 3 rings (SSSR count). The standard InChI is InChI=1S/C15H17F2N3/c16-15(17)14-9-12(18)11-8-10(4-5-13(11)19-14)20-6-2-1-3-7-20/h4-5,8-9,15H,1-3,6-7H2,(H2,18,19). The maximum Gasteiger partial charge on any atom is 0.280 e. The summed E-state index contributed by atoms with van der Waals surface area (Å²) in [5.74, 6) is 0. The molecule has 0 spiro atoms. The zero-order chi connectivity index (χ0) is 14.1. The van der Waals surface area contributed by atoms with E-state index in [1.807, 2.05) is 12.1 Å². The first-order chi connectivity index (χ1) is 9.65. The summed E-state index contributed by atoms with van der Waals surface area (Å²) in [5, 5.41) is 0.748. The van der Waals surface area contributed by atoms with Gasteiger partial charge in [-0.05, 0) is 43.5 Å². The number of alkyl halides is 2. The molecule has 0 atom stereocenters. The molecule has 3 nitrogen and oxygen atoms in total. The molecule has 2 aromatic rings. The quantitative estimate of drug-likeness (QED) is 0.909. The van der Waals surface area contributed by atoms with Gasteiger partial charge in [-0.1, -0.05) is 0 Å². The second kappa shape index (κ2) is 5.23. The number of aromatic nitrogens is 1. The Balaban J connectivity index is 2.02. The highest BCUT2D eigenvalue weighted by Gasteiger charge is 2.15. The molecule has 0 bridgehead atoms. The number of rotatable bonds is 2. The average molecular weight is 277 g/mol. The van der Waals surface area contributed by atoms with E-state index < -0.39 is 6.43 Å². The van der Waals surface area contributed by atoms with Crippen molar-refractivity contribution in [2.45, 2.75) is 25.7 Å². The van der Waals surface area contributed by atoms with Crippen LogP contribution in [0.5, 0.6) is 0 Å². The monoisotopic (exact) mass is 277 g/mol. The van der Waals surface area contributed by atoms with Crippen molar-refractivity contribution in [2.24, 2.45) is 0 Å². The topological polar surface area (TPSA) is 42.1 Å². The summed E-state index contributed by atoms with van der Waals surface area (Å²) in [7, 11) is 0. The number of fused-ring (bicyclic) bond motifs is 1. The number of nitrogen functional groups attached to an aromatic ring is 1. The number of halogens is 2. The number of nitrogens with two attached hydrogens (primary N) is 1. The molecular formula is C15H17F2N3. The molecule has 0 aliphatic carbocycles. The van der Waals surface area contributed by atoms with Crippen molar-refractivity contribution in [1.29, 1.82) is 0 Å². The van der Waals surface area contributed by atoms with Crippen LogP contribution in [-0.2, 0) is 0 Å². The fourth-order valence-electron chi connectivity index (χ4n) is 2.72. The number of nitrogens with zero attached hydrogens (tertiary/aromatic N) is 2. The minimum atomic E-state index is -2.59. The Morgan fingerprint density at radius 3 is 2.55 bits per heavy atom. The largest absolute Gasteiger partial charge is 0.398 e. The lowest BCUT2D eigenvalue weighted by atomic mass is 10.1. The highest BCUT2D eigenvalue weighted by molar-refractivity contribution is 5.92. The van der Waals surface area contributed by atoms with Gasteiger partial charge < -0.3 is 10.6 Å². The van der Waals surface area contributed by atoms with Crippen molar-refractivity contribution in [3.8, 4) is 0 Å². The lowest BCUT2D eigenvalue weighted by molar-refractivity contribution is 0.146. The van der Waals surface area contributed by atoms with Crippen LogP contribution < -0.4 is 10.6 Å². The van der Waals surface area contributed by atoms with Gasteiger partial charge in [0.2, 0.25) is 0 Å². The van der Waals surface area contributed by atoms with Crippen molar-refractivity contribution in [1.82, 2.24) is 4.98 Å². The summed E-state index contributed by atoms with van der Waals surface area (Å²) < 4.78 is 25.4. The molecule has 5 heteroatoms. The van der Waals surface area contributed by atoms with Crippen molar-refractivity contribution >= 4 is 22.3 Å². The van der Waals surface area contributed by atoms with E-state index in [0.717, 1.165) is 24.2 Å². The first kappa shape index (κ1) is 13.1. The third-order valence-electron chi connectivity index (χ3n) is 3.79. The van der Waals surface area contributed by atoms with Crippen LogP contribution in [0.2, 0.25) is 0 Å². The van der Waals surface area contributed by atoms with Gasteiger partial charge in [0.1, 0.15) is 5.69 Å². The van der Waals surface area contributed by atoms with Gasteiger partial charge in [0.05, 0.1) is 5.52 Å². The normalized spacial score (nSPS) is 16.1. The van der Waals surface area contributed by atoms with Gasteiger partial charge in [0, 0.05) is 29.9 Å². The first-order valence-corrected chi connectivity index (χ1v) is 6.88. The molecule has 1 aromatic heterocycles. The van der Waals surface area contributed by atoms with Gasteiger partial charge in [0.15, 0.2) is 0 Å². The van der Waals surface area contributed by atoms with Crippen LogP contribution in [0.1, 0.15) is 31.4 Å². The van der Waals surface area contributed by atoms with Crippen molar-refractivity contribution in [2.75, 3.05) is 23.7 Å². The minimum Gasteiger partial charge on any atom is -0.398 e. The van der Waals surface area contributed by atoms with Gasteiger partial charge in [-0.25, -0.2) is 13.8 Å². The molecule has 1 aromatic carbocycles. The van der Waals surface area contributed by atoms with Gasteiger partial charge in [-0.2, -0.15) is 0 Å². The Bertz CT molecular complexity index is 622. The van der Waals surface area contributed by atoms with E-state index in [0.29, 0.717) is 11.2 Å². The van der Waals surface area contributed by atoms with E-state index >= 15 is 0 Å². The molecule has 20 heavy (non-hydrogen) atoms. The number of anilines is 2. The predicted molar refractivity (Wildman–Crippen MR) is 77.2 cm³/mol. The third-order valence-corrected chi connectivity index (χ3v) is 3.79. The summed E-state index contributed by atoms with van der Waals surface area (Å²) in [6.07, 6.45) is 1.06. The van der Waals surface area contributed by atoms with Crippen LogP contribution in [0.15, 0.2) is 24.3 Å². The molecule has 0 unspecified atom stereocenters. The Morgan fingerprint density at radius 2 is 1.85 bits per heavy atom. The molecule has 106 valence electrons. The number of hydrogen-bond acceptors (Lipinski definition) is 3. The summed E-state index contributed by atoms with van der Waals surface area (Å²) in [6.45, 7) is 2.07. The van der Waals surface area contributed by atoms with Gasteiger partial charge in [-0.3, -0.25) is 0 Å². The summed E-state index contributed by atoms with van der Waals surface area (Å²) in [4.78, 5) is 6.28. The fraction of sp³-hybridized carbons (Fsp3) is 0.400. The second-order valence-electron chi connectivity index (χ2n) is 5.19. The van der Waals surface area contributed by atoms with E-state index in [9.17, 15) is 8.78 Å². The molecule has 1 aliphatic heterocycles. The number of piperidine rings is 1. The average Bonchev–Trinajstić information content (AvgIpc) is 2.47. The molecule has 2 heterocycles. The molecule has 1 fully saturated rings. The van der Waals surface area contributed by atoms with Crippen LogP contribution in [0, 0.1) is 0 Å². The summed E-state index contributed by atoms with van der Waals surface area (Å²) in [5.41, 5.74) is 7.62. The SMILES string of the molecule is Nc1cc(C(F)F)nc2ccc(N3CCCCC3)cc12. The molecule has 0 amide bonds. The maximum absolute atomic E-state index is 12.7. The van der Waals surface area contributed by atoms with Gasteiger partial charge >= 0.3 is 0 Å². The molecule has 1 aliphatic rings. The first-order valence-electron chi connectivity index (χ1n) is 6.88. The van der Waals surface area contributed by atoms with Crippen molar-refractivity contribution < 1.29 is 8.78 Å². The lowest BCUT2D eigenvalue weighted by Crippen LogP contribution is -2.29. The molecule has 2 N–H and O–H groups in total. The highest BCUT2D eigenvalue weighted by atomic mass is 19.3. The Labute approximate surface area is 116 Å². The van der Waals surface area contributed by atoms with E-state index in [1.165, 1.54) is 25.3 Å². The summed E-state index contributed by atoms with van der Waals surface area (Å²) in [6, 6.07) is 6.95. The van der Waals surface area contributed by atoms with E-state index in [1.54, 1.807) is 6.07 Å². The lowest BCUT2D eigenvalue weighted by Gasteiger charge is -2.29. The zero-order valence-corrected chi connectivity index (χ0v) is 11.1. The fourth-order valence-corrected chi connectivity index (χ4v) is 2.72. The summed E-state index contributed by atoms with van der Waals surface area (Å²) >= 11 is 0. The number of pyridine rings is 1. The smallest absolute Gasteiger partial charge is 0.280 e. The van der Waals surface area contributed by atoms with Crippen LogP contribution >= 0.6 is 0 Å². The van der Waals surface area contributed by atoms with E-state index in [-0.39, 0.29) is 5.69 Å². The van der Waals surface area contributed by atoms with Crippen molar-refractivity contribution in [3.05, 3.63) is 30.0 Å². The second-order valence-corrected chi connectivity index (χ2v) is 5.19. The van der Waals surface area contributed by atoms with Crippen LogP contribution in [0.3, 0.4) is 0 Å². The Hall–Kier alpha value is -1.91. The van der Waals surface area contributed by atoms with Crippen LogP contribution in [0.25, 0.3) is 10.9 Å². The van der Waals surface area contributed by atoms with Crippen LogP contribution in [0.4, 0.5) is 20.2 Å². The molecule has 0 saturated carbocycles. The predicted octanol–water partition coefficient (Wildman–Crippen LogP) is 3.74. The number of benzene rings is 1. The van der Waals surface area contributed by atoms with Gasteiger partial charge in [-0.15, -0.1) is 0 Å².